The lowest BCUT2D eigenvalue weighted by atomic mass is 10.3. The lowest BCUT2D eigenvalue weighted by Gasteiger charge is -2.14. The van der Waals surface area contributed by atoms with Gasteiger partial charge in [0.1, 0.15) is 12.1 Å². The maximum Gasteiger partial charge on any atom is 0.323 e. The Morgan fingerprint density at radius 3 is 2.58 bits per heavy atom. The van der Waals surface area contributed by atoms with Crippen LogP contribution in [0.2, 0.25) is 0 Å². The van der Waals surface area contributed by atoms with Gasteiger partial charge in [0.05, 0.1) is 0 Å². The van der Waals surface area contributed by atoms with Crippen molar-refractivity contribution in [2.24, 2.45) is 0 Å². The predicted octanol–water partition coefficient (Wildman–Crippen LogP) is 1.08. The quantitative estimate of drug-likeness (QED) is 0.646. The fraction of sp³-hybridized carbons (Fsp3) is 0.889. The zero-order valence-corrected chi connectivity index (χ0v) is 7.80. The van der Waals surface area contributed by atoms with Crippen LogP contribution in [0.5, 0.6) is 0 Å². The second-order valence-corrected chi connectivity index (χ2v) is 3.35. The average Bonchev–Trinajstić information content (AvgIpc) is 2.55. The molecule has 0 saturated heterocycles. The van der Waals surface area contributed by atoms with Gasteiger partial charge in [-0.2, -0.15) is 0 Å². The molecule has 12 heavy (non-hydrogen) atoms. The summed E-state index contributed by atoms with van der Waals surface area (Å²) >= 11 is 0. The molecule has 0 radical (unpaired) electrons. The summed E-state index contributed by atoms with van der Waals surface area (Å²) < 4.78 is 5.26. The average molecular weight is 171 g/mol. The Kier molecular flexibility index (Phi) is 3.53. The third-order valence-electron chi connectivity index (χ3n) is 2.37. The van der Waals surface area contributed by atoms with Crippen molar-refractivity contribution in [2.45, 2.75) is 44.8 Å². The molecule has 0 heterocycles. The van der Waals surface area contributed by atoms with Crippen molar-refractivity contribution in [3.63, 3.8) is 0 Å². The Morgan fingerprint density at radius 1 is 1.50 bits per heavy atom. The molecule has 1 saturated carbocycles. The summed E-state index contributed by atoms with van der Waals surface area (Å²) in [5, 5.41) is 2.86. The zero-order valence-electron chi connectivity index (χ0n) is 7.80. The van der Waals surface area contributed by atoms with Crippen molar-refractivity contribution in [3.8, 4) is 0 Å². The lowest BCUT2D eigenvalue weighted by Crippen LogP contribution is -2.34. The molecule has 1 rings (SSSR count). The molecule has 0 bridgehead atoms. The van der Waals surface area contributed by atoms with E-state index in [1.165, 1.54) is 12.8 Å². The molecule has 1 fully saturated rings. The number of nitrogens with one attached hydrogen (secondary N) is 1. The van der Waals surface area contributed by atoms with E-state index in [0.29, 0.717) is 0 Å². The van der Waals surface area contributed by atoms with Gasteiger partial charge >= 0.3 is 5.97 Å². The van der Waals surface area contributed by atoms with E-state index in [2.05, 4.69) is 5.32 Å². The van der Waals surface area contributed by atoms with E-state index in [1.807, 2.05) is 6.92 Å². The van der Waals surface area contributed by atoms with Crippen molar-refractivity contribution < 1.29 is 9.53 Å². The number of hydrogen-bond acceptors (Lipinski definition) is 3. The number of ether oxygens (including phenoxy) is 1. The highest BCUT2D eigenvalue weighted by Crippen LogP contribution is 2.21. The molecule has 70 valence electrons. The van der Waals surface area contributed by atoms with Crippen molar-refractivity contribution in [3.05, 3.63) is 0 Å². The lowest BCUT2D eigenvalue weighted by molar-refractivity contribution is -0.150. The van der Waals surface area contributed by atoms with E-state index in [4.69, 9.17) is 4.74 Å². The first-order chi connectivity index (χ1) is 5.74. The molecule has 3 heteroatoms. The van der Waals surface area contributed by atoms with Gasteiger partial charge in [-0.3, -0.25) is 4.79 Å². The van der Waals surface area contributed by atoms with Gasteiger partial charge in [0.2, 0.25) is 0 Å². The molecule has 1 aliphatic rings. The maximum absolute atomic E-state index is 11.2. The number of hydrogen-bond donors (Lipinski definition) is 1. The minimum Gasteiger partial charge on any atom is -0.461 e. The molecule has 0 aliphatic heterocycles. The van der Waals surface area contributed by atoms with E-state index in [0.717, 1.165) is 12.8 Å². The van der Waals surface area contributed by atoms with Crippen LogP contribution in [-0.2, 0) is 9.53 Å². The third kappa shape index (κ3) is 2.48. The summed E-state index contributed by atoms with van der Waals surface area (Å²) in [4.78, 5) is 11.2. The van der Waals surface area contributed by atoms with Gasteiger partial charge in [0, 0.05) is 0 Å². The minimum absolute atomic E-state index is 0.121. The molecule has 0 spiro atoms. The van der Waals surface area contributed by atoms with Gasteiger partial charge in [-0.15, -0.1) is 0 Å². The first kappa shape index (κ1) is 9.52. The second-order valence-electron chi connectivity index (χ2n) is 3.35. The number of carbonyl (C=O) groups is 1. The Labute approximate surface area is 73.5 Å². The van der Waals surface area contributed by atoms with Crippen LogP contribution in [0.15, 0.2) is 0 Å². The molecule has 0 aromatic heterocycles. The Balaban J connectivity index is 2.25. The van der Waals surface area contributed by atoms with Crippen LogP contribution < -0.4 is 5.32 Å². The summed E-state index contributed by atoms with van der Waals surface area (Å²) in [5.41, 5.74) is 0. The van der Waals surface area contributed by atoms with Gasteiger partial charge in [0.15, 0.2) is 0 Å². The van der Waals surface area contributed by atoms with E-state index >= 15 is 0 Å². The maximum atomic E-state index is 11.2. The molecule has 1 N–H and O–H groups in total. The fourth-order valence-electron chi connectivity index (χ4n) is 1.39. The minimum atomic E-state index is -0.175. The molecular weight excluding hydrogens is 154 g/mol. The van der Waals surface area contributed by atoms with Crippen molar-refractivity contribution in [1.82, 2.24) is 5.32 Å². The summed E-state index contributed by atoms with van der Waals surface area (Å²) in [6, 6.07) is -0.175. The number of carbonyl (C=O) groups excluding carboxylic acids is 1. The van der Waals surface area contributed by atoms with E-state index in [9.17, 15) is 4.79 Å². The molecule has 0 aromatic rings. The largest absolute Gasteiger partial charge is 0.461 e. The van der Waals surface area contributed by atoms with E-state index in [-0.39, 0.29) is 18.1 Å². The van der Waals surface area contributed by atoms with Crippen LogP contribution in [0.25, 0.3) is 0 Å². The van der Waals surface area contributed by atoms with E-state index < -0.39 is 0 Å². The second kappa shape index (κ2) is 4.45. The molecule has 3 nitrogen and oxygen atoms in total. The smallest absolute Gasteiger partial charge is 0.323 e. The summed E-state index contributed by atoms with van der Waals surface area (Å²) in [7, 11) is 1.76. The number of likely N-dealkylation sites (N-methyl/N-ethyl adjacent to an activating group) is 1. The number of rotatable bonds is 3. The predicted molar refractivity (Wildman–Crippen MR) is 46.9 cm³/mol. The Hall–Kier alpha value is -0.570. The molecule has 0 aromatic carbocycles. The highest BCUT2D eigenvalue weighted by atomic mass is 16.5. The topological polar surface area (TPSA) is 38.3 Å². The molecule has 1 aliphatic carbocycles. The number of esters is 1. The SMILES string of the molecule is CNC(C)C(=O)OC1CCCC1. The fourth-order valence-corrected chi connectivity index (χ4v) is 1.39. The normalized spacial score (nSPS) is 20.8. The highest BCUT2D eigenvalue weighted by Gasteiger charge is 2.21. The Bertz CT molecular complexity index is 153. The Morgan fingerprint density at radius 2 is 2.08 bits per heavy atom. The summed E-state index contributed by atoms with van der Waals surface area (Å²) in [5.74, 6) is -0.121. The van der Waals surface area contributed by atoms with Crippen LogP contribution >= 0.6 is 0 Å². The van der Waals surface area contributed by atoms with Crippen molar-refractivity contribution in [2.75, 3.05) is 7.05 Å². The molecular formula is C9H17NO2. The highest BCUT2D eigenvalue weighted by molar-refractivity contribution is 5.75. The summed E-state index contributed by atoms with van der Waals surface area (Å²) in [6.07, 6.45) is 4.68. The van der Waals surface area contributed by atoms with Gasteiger partial charge in [0.25, 0.3) is 0 Å². The monoisotopic (exact) mass is 171 g/mol. The van der Waals surface area contributed by atoms with Crippen molar-refractivity contribution in [1.29, 1.82) is 0 Å². The summed E-state index contributed by atoms with van der Waals surface area (Å²) in [6.45, 7) is 1.82. The van der Waals surface area contributed by atoms with E-state index in [1.54, 1.807) is 7.05 Å². The van der Waals surface area contributed by atoms with Crippen LogP contribution in [0.3, 0.4) is 0 Å². The van der Waals surface area contributed by atoms with Crippen LogP contribution in [0.1, 0.15) is 32.6 Å². The van der Waals surface area contributed by atoms with Crippen LogP contribution in [0.4, 0.5) is 0 Å². The van der Waals surface area contributed by atoms with Gasteiger partial charge in [-0.05, 0) is 39.7 Å². The molecule has 1 unspecified atom stereocenters. The molecule has 1 atom stereocenters. The first-order valence-corrected chi connectivity index (χ1v) is 4.62. The molecule has 0 amide bonds. The first-order valence-electron chi connectivity index (χ1n) is 4.62. The third-order valence-corrected chi connectivity index (χ3v) is 2.37. The van der Waals surface area contributed by atoms with Gasteiger partial charge in [-0.25, -0.2) is 0 Å². The van der Waals surface area contributed by atoms with Gasteiger partial charge in [-0.1, -0.05) is 0 Å². The van der Waals surface area contributed by atoms with Crippen LogP contribution in [-0.4, -0.2) is 25.2 Å². The van der Waals surface area contributed by atoms with Crippen molar-refractivity contribution >= 4 is 5.97 Å². The van der Waals surface area contributed by atoms with Gasteiger partial charge < -0.3 is 10.1 Å². The van der Waals surface area contributed by atoms with Crippen LogP contribution in [0, 0.1) is 0 Å². The zero-order chi connectivity index (χ0) is 8.97. The standard InChI is InChI=1S/C9H17NO2/c1-7(10-2)9(11)12-8-5-3-4-6-8/h7-8,10H,3-6H2,1-2H3.